The summed E-state index contributed by atoms with van der Waals surface area (Å²) >= 11 is 0. The number of aromatic nitrogens is 1. The summed E-state index contributed by atoms with van der Waals surface area (Å²) in [7, 11) is 28.9. The van der Waals surface area contributed by atoms with Gasteiger partial charge in [0.25, 0.3) is 0 Å². The highest BCUT2D eigenvalue weighted by molar-refractivity contribution is 6.59. The number of aliphatic hydroxyl groups is 1. The molecule has 0 fully saturated rings. The summed E-state index contributed by atoms with van der Waals surface area (Å²) in [5.74, 6) is 0.545. The fourth-order valence-corrected chi connectivity index (χ4v) is 3.25. The Kier molecular flexibility index (Phi) is 5.60. The third-order valence-electron chi connectivity index (χ3n) is 4.64. The minimum atomic E-state index is -2.06. The molecule has 0 aliphatic carbocycles. The van der Waals surface area contributed by atoms with E-state index in [4.69, 9.17) is 44.2 Å². The van der Waals surface area contributed by atoms with Gasteiger partial charge in [-0.3, -0.25) is 0 Å². The number of rotatable bonds is 5. The Bertz CT molecular complexity index is 974. The minimum Gasteiger partial charge on any atom is -0.405 e. The van der Waals surface area contributed by atoms with Crippen molar-refractivity contribution in [2.24, 2.45) is 5.92 Å². The minimum absolute atomic E-state index is 0.237. The largest absolute Gasteiger partial charge is 0.405 e. The highest BCUT2D eigenvalue weighted by Gasteiger charge is 2.21. The summed E-state index contributed by atoms with van der Waals surface area (Å²) in [5.41, 5.74) is 4.07. The average molecular weight is 354 g/mol. The van der Waals surface area contributed by atoms with E-state index < -0.39 is 10.5 Å². The Morgan fingerprint density at radius 1 is 0.929 bits per heavy atom. The molecular formula is C21H18B5NO. The summed E-state index contributed by atoms with van der Waals surface area (Å²) in [6, 6.07) is 14.9. The molecule has 2 nitrogen and oxygen atoms in total. The van der Waals surface area contributed by atoms with Crippen molar-refractivity contribution >= 4 is 50.1 Å². The van der Waals surface area contributed by atoms with E-state index in [0.717, 1.165) is 17.3 Å². The summed E-state index contributed by atoms with van der Waals surface area (Å²) in [5, 5.41) is 7.49. The summed E-state index contributed by atoms with van der Waals surface area (Å²) in [6.07, 6.45) is 0.974. The molecule has 2 aromatic carbocycles. The SMILES string of the molecule is [B]C([B])([B])c1cc(-c2ccc3c(CC(C)C)cccc3n2)cc(C([B])([B])O)c1. The topological polar surface area (TPSA) is 33.1 Å². The van der Waals surface area contributed by atoms with Crippen molar-refractivity contribution in [1.82, 2.24) is 4.98 Å². The summed E-state index contributed by atoms with van der Waals surface area (Å²) in [4.78, 5) is 4.77. The first-order valence-electron chi connectivity index (χ1n) is 9.17. The maximum absolute atomic E-state index is 10.1. The van der Waals surface area contributed by atoms with Crippen molar-refractivity contribution in [3.8, 4) is 11.3 Å². The molecule has 10 radical (unpaired) electrons. The third-order valence-corrected chi connectivity index (χ3v) is 4.64. The van der Waals surface area contributed by atoms with E-state index in [-0.39, 0.29) is 5.56 Å². The van der Waals surface area contributed by atoms with Gasteiger partial charge in [-0.15, -0.1) is 5.11 Å². The second kappa shape index (κ2) is 7.52. The van der Waals surface area contributed by atoms with Gasteiger partial charge in [0.2, 0.25) is 0 Å². The lowest BCUT2D eigenvalue weighted by Crippen LogP contribution is -2.30. The van der Waals surface area contributed by atoms with Gasteiger partial charge >= 0.3 is 0 Å². The zero-order valence-electron chi connectivity index (χ0n) is 16.2. The zero-order chi connectivity index (χ0) is 20.7. The van der Waals surface area contributed by atoms with E-state index in [2.05, 4.69) is 19.9 Å². The van der Waals surface area contributed by atoms with E-state index in [9.17, 15) is 5.11 Å². The summed E-state index contributed by atoms with van der Waals surface area (Å²) in [6.45, 7) is 4.38. The number of pyridine rings is 1. The molecule has 0 saturated heterocycles. The number of benzene rings is 2. The molecule has 0 atom stereocenters. The molecule has 1 N–H and O–H groups in total. The van der Waals surface area contributed by atoms with Crippen LogP contribution in [0, 0.1) is 5.92 Å². The Labute approximate surface area is 173 Å². The number of hydrogen-bond donors (Lipinski definition) is 1. The molecule has 0 spiro atoms. The lowest BCUT2D eigenvalue weighted by molar-refractivity contribution is 0.217. The van der Waals surface area contributed by atoms with Gasteiger partial charge in [-0.1, -0.05) is 49.7 Å². The fraction of sp³-hybridized carbons (Fsp3) is 0.286. The highest BCUT2D eigenvalue weighted by Crippen LogP contribution is 2.30. The molecule has 7 heteroatoms. The second-order valence-corrected chi connectivity index (χ2v) is 7.84. The van der Waals surface area contributed by atoms with E-state index in [1.165, 1.54) is 11.6 Å². The van der Waals surface area contributed by atoms with Gasteiger partial charge in [0, 0.05) is 16.3 Å². The van der Waals surface area contributed by atoms with Crippen LogP contribution < -0.4 is 0 Å². The maximum Gasteiger partial charge on any atom is 0.105 e. The number of fused-ring (bicyclic) bond motifs is 1. The fourth-order valence-electron chi connectivity index (χ4n) is 3.25. The number of hydrogen-bond acceptors (Lipinski definition) is 2. The van der Waals surface area contributed by atoms with E-state index in [0.29, 0.717) is 22.7 Å². The van der Waals surface area contributed by atoms with Crippen LogP contribution in [0.1, 0.15) is 30.5 Å². The lowest BCUT2D eigenvalue weighted by atomic mass is 9.40. The van der Waals surface area contributed by atoms with Gasteiger partial charge in [-0.2, -0.15) is 0 Å². The molecule has 3 rings (SSSR count). The maximum atomic E-state index is 10.1. The first-order chi connectivity index (χ1) is 12.9. The molecule has 128 valence electrons. The van der Waals surface area contributed by atoms with Gasteiger partial charge in [-0.05, 0) is 41.7 Å². The van der Waals surface area contributed by atoms with Crippen molar-refractivity contribution < 1.29 is 5.11 Å². The van der Waals surface area contributed by atoms with E-state index in [1.54, 1.807) is 12.1 Å². The quantitative estimate of drug-likeness (QED) is 0.713. The predicted molar refractivity (Wildman–Crippen MR) is 120 cm³/mol. The van der Waals surface area contributed by atoms with Crippen molar-refractivity contribution in [1.29, 1.82) is 0 Å². The first-order valence-corrected chi connectivity index (χ1v) is 9.17. The Hall–Kier alpha value is -1.87. The van der Waals surface area contributed by atoms with Crippen LogP contribution in [0.4, 0.5) is 0 Å². The molecule has 3 aromatic rings. The summed E-state index contributed by atoms with van der Waals surface area (Å²) < 4.78 is 0. The van der Waals surface area contributed by atoms with Crippen molar-refractivity contribution in [3.63, 3.8) is 0 Å². The van der Waals surface area contributed by atoms with Crippen LogP contribution in [-0.2, 0) is 16.9 Å². The normalized spacial score (nSPS) is 12.6. The second-order valence-electron chi connectivity index (χ2n) is 7.84. The van der Waals surface area contributed by atoms with Gasteiger partial charge in [0.15, 0.2) is 0 Å². The van der Waals surface area contributed by atoms with Crippen LogP contribution in [0.2, 0.25) is 0 Å². The Morgan fingerprint density at radius 2 is 1.61 bits per heavy atom. The predicted octanol–water partition coefficient (Wildman–Crippen LogP) is 2.16. The molecule has 0 saturated carbocycles. The van der Waals surface area contributed by atoms with Crippen molar-refractivity contribution in [3.05, 3.63) is 65.2 Å². The zero-order valence-corrected chi connectivity index (χ0v) is 16.2. The molecule has 0 aliphatic rings. The number of nitrogens with zero attached hydrogens (tertiary/aromatic N) is 1. The molecule has 0 bridgehead atoms. The third kappa shape index (κ3) is 4.58. The van der Waals surface area contributed by atoms with Crippen LogP contribution in [0.5, 0.6) is 0 Å². The molecular weight excluding hydrogens is 336 g/mol. The van der Waals surface area contributed by atoms with Crippen LogP contribution in [-0.4, -0.2) is 49.3 Å². The smallest absolute Gasteiger partial charge is 0.105 e. The standard InChI is InChI=1S/C21H18B5NO/c1-12(2)8-13-4-3-5-19-17(13)6-7-18(27-19)14-9-15(20(22,23)24)11-16(10-14)21(25,26)28/h3-7,9-12,28H,8H2,1-2H3. The van der Waals surface area contributed by atoms with Crippen LogP contribution in [0.3, 0.4) is 0 Å². The lowest BCUT2D eigenvalue weighted by Gasteiger charge is -2.27. The molecule has 1 heterocycles. The van der Waals surface area contributed by atoms with Crippen molar-refractivity contribution in [2.45, 2.75) is 30.8 Å². The molecule has 28 heavy (non-hydrogen) atoms. The molecule has 1 aromatic heterocycles. The Balaban J connectivity index is 2.16. The van der Waals surface area contributed by atoms with E-state index >= 15 is 0 Å². The molecule has 0 aliphatic heterocycles. The van der Waals surface area contributed by atoms with Crippen LogP contribution in [0.15, 0.2) is 48.5 Å². The van der Waals surface area contributed by atoms with Crippen LogP contribution in [0.25, 0.3) is 22.2 Å². The monoisotopic (exact) mass is 355 g/mol. The average Bonchev–Trinajstić information content (AvgIpc) is 2.59. The first kappa shape index (κ1) is 20.9. The van der Waals surface area contributed by atoms with Gasteiger partial charge in [0.05, 0.1) is 34.7 Å². The van der Waals surface area contributed by atoms with Crippen molar-refractivity contribution in [2.75, 3.05) is 0 Å². The molecule has 0 unspecified atom stereocenters. The van der Waals surface area contributed by atoms with E-state index in [1.807, 2.05) is 24.3 Å². The van der Waals surface area contributed by atoms with Gasteiger partial charge in [0.1, 0.15) is 15.7 Å². The molecule has 0 amide bonds. The van der Waals surface area contributed by atoms with Crippen LogP contribution >= 0.6 is 0 Å². The van der Waals surface area contributed by atoms with Gasteiger partial charge < -0.3 is 5.11 Å². The van der Waals surface area contributed by atoms with Gasteiger partial charge in [-0.25, -0.2) is 4.98 Å². The Morgan fingerprint density at radius 3 is 2.21 bits per heavy atom. The highest BCUT2D eigenvalue weighted by atomic mass is 16.3.